The summed E-state index contributed by atoms with van der Waals surface area (Å²) in [5.41, 5.74) is 3.38. The molecule has 1 aliphatic rings. The maximum atomic E-state index is 11.9. The number of benzene rings is 2. The second-order valence-electron chi connectivity index (χ2n) is 7.47. The monoisotopic (exact) mass is 417 g/mol. The van der Waals surface area contributed by atoms with E-state index in [2.05, 4.69) is 5.32 Å². The van der Waals surface area contributed by atoms with E-state index in [0.29, 0.717) is 16.7 Å². The zero-order valence-electron chi connectivity index (χ0n) is 16.8. The minimum atomic E-state index is -1.55. The SMILES string of the molecule is CNC(=O)c1cccc(-c2ccc([C@@H](O)[C@H]3O[C@H](CO)[C@@H](O)[C@H](O)[C@@H]3O)c(C)c2)c1. The van der Waals surface area contributed by atoms with Crippen molar-refractivity contribution in [3.8, 4) is 11.1 Å². The van der Waals surface area contributed by atoms with E-state index in [1.807, 2.05) is 12.1 Å². The molecule has 1 heterocycles. The Kier molecular flexibility index (Phi) is 6.87. The molecule has 0 aromatic heterocycles. The molecular formula is C22H27NO7. The molecule has 8 heteroatoms. The molecule has 0 saturated carbocycles. The van der Waals surface area contributed by atoms with E-state index in [1.54, 1.807) is 44.3 Å². The Balaban J connectivity index is 1.87. The Morgan fingerprint density at radius 1 is 1.07 bits per heavy atom. The van der Waals surface area contributed by atoms with Gasteiger partial charge in [-0.1, -0.05) is 30.3 Å². The molecule has 0 radical (unpaired) electrons. The summed E-state index contributed by atoms with van der Waals surface area (Å²) in [6, 6.07) is 12.4. The first-order chi connectivity index (χ1) is 14.3. The second-order valence-corrected chi connectivity index (χ2v) is 7.47. The van der Waals surface area contributed by atoms with Crippen LogP contribution in [0.4, 0.5) is 0 Å². The van der Waals surface area contributed by atoms with Crippen molar-refractivity contribution in [2.75, 3.05) is 13.7 Å². The Labute approximate surface area is 174 Å². The summed E-state index contributed by atoms with van der Waals surface area (Å²) in [4.78, 5) is 11.9. The molecular weight excluding hydrogens is 390 g/mol. The number of carbonyl (C=O) groups excluding carboxylic acids is 1. The van der Waals surface area contributed by atoms with Gasteiger partial charge in [-0.25, -0.2) is 0 Å². The molecule has 1 fully saturated rings. The molecule has 1 aliphatic heterocycles. The van der Waals surface area contributed by atoms with Gasteiger partial charge >= 0.3 is 0 Å². The van der Waals surface area contributed by atoms with Crippen molar-refractivity contribution >= 4 is 5.91 Å². The maximum Gasteiger partial charge on any atom is 0.251 e. The predicted octanol–water partition coefficient (Wildman–Crippen LogP) is -0.103. The number of nitrogens with one attached hydrogen (secondary N) is 1. The van der Waals surface area contributed by atoms with Crippen LogP contribution in [0, 0.1) is 6.92 Å². The van der Waals surface area contributed by atoms with Crippen LogP contribution in [0.3, 0.4) is 0 Å². The summed E-state index contributed by atoms with van der Waals surface area (Å²) in [7, 11) is 1.56. The van der Waals surface area contributed by atoms with Crippen LogP contribution >= 0.6 is 0 Å². The summed E-state index contributed by atoms with van der Waals surface area (Å²) in [5, 5.41) is 52.9. The van der Waals surface area contributed by atoms with Crippen LogP contribution in [0.25, 0.3) is 11.1 Å². The van der Waals surface area contributed by atoms with Crippen molar-refractivity contribution in [3.63, 3.8) is 0 Å². The third-order valence-electron chi connectivity index (χ3n) is 5.51. The van der Waals surface area contributed by atoms with Gasteiger partial charge in [-0.3, -0.25) is 4.79 Å². The number of aliphatic hydroxyl groups excluding tert-OH is 5. The molecule has 0 spiro atoms. The highest BCUT2D eigenvalue weighted by Crippen LogP contribution is 2.33. The topological polar surface area (TPSA) is 139 Å². The van der Waals surface area contributed by atoms with Gasteiger partial charge in [0.15, 0.2) is 0 Å². The number of rotatable bonds is 5. The summed E-state index contributed by atoms with van der Waals surface area (Å²) in [6.07, 6.45) is -8.16. The molecule has 6 atom stereocenters. The van der Waals surface area contributed by atoms with E-state index in [1.165, 1.54) is 0 Å². The fraction of sp³-hybridized carbons (Fsp3) is 0.409. The number of amides is 1. The minimum Gasteiger partial charge on any atom is -0.394 e. The Morgan fingerprint density at radius 2 is 1.77 bits per heavy atom. The Morgan fingerprint density at radius 3 is 2.40 bits per heavy atom. The number of aliphatic hydroxyl groups is 5. The standard InChI is InChI=1S/C22H27NO7/c1-11-8-13(12-4-3-5-14(9-12)22(29)23-2)6-7-15(11)17(25)21-20(28)19(27)18(26)16(10-24)30-21/h3-9,16-21,24-28H,10H2,1-2H3,(H,23,29)/t16-,17-,18-,19+,20+,21-/m1/s1. The number of hydrogen-bond acceptors (Lipinski definition) is 7. The summed E-state index contributed by atoms with van der Waals surface area (Å²) >= 11 is 0. The van der Waals surface area contributed by atoms with Gasteiger partial charge in [-0.2, -0.15) is 0 Å². The molecule has 0 unspecified atom stereocenters. The largest absolute Gasteiger partial charge is 0.394 e. The molecule has 0 aliphatic carbocycles. The van der Waals surface area contributed by atoms with Crippen molar-refractivity contribution in [2.24, 2.45) is 0 Å². The molecule has 3 rings (SSSR count). The van der Waals surface area contributed by atoms with E-state index in [0.717, 1.165) is 11.1 Å². The van der Waals surface area contributed by atoms with Gasteiger partial charge in [-0.05, 0) is 41.3 Å². The number of carbonyl (C=O) groups is 1. The van der Waals surface area contributed by atoms with Crippen molar-refractivity contribution in [2.45, 2.75) is 43.5 Å². The van der Waals surface area contributed by atoms with Crippen LogP contribution in [-0.4, -0.2) is 75.6 Å². The molecule has 2 aromatic carbocycles. The molecule has 6 N–H and O–H groups in total. The average Bonchev–Trinajstić information content (AvgIpc) is 2.76. The number of hydrogen-bond donors (Lipinski definition) is 6. The normalized spacial score (nSPS) is 27.5. The lowest BCUT2D eigenvalue weighted by molar-refractivity contribution is -0.250. The van der Waals surface area contributed by atoms with Crippen molar-refractivity contribution < 1.29 is 35.1 Å². The van der Waals surface area contributed by atoms with Crippen LogP contribution in [-0.2, 0) is 4.74 Å². The van der Waals surface area contributed by atoms with Gasteiger partial charge < -0.3 is 35.6 Å². The van der Waals surface area contributed by atoms with Crippen LogP contribution in [0.15, 0.2) is 42.5 Å². The van der Waals surface area contributed by atoms with Gasteiger partial charge in [0.05, 0.1) is 6.61 Å². The first-order valence-electron chi connectivity index (χ1n) is 9.70. The van der Waals surface area contributed by atoms with Crippen LogP contribution in [0.1, 0.15) is 27.6 Å². The van der Waals surface area contributed by atoms with E-state index in [9.17, 15) is 30.3 Å². The third-order valence-corrected chi connectivity index (χ3v) is 5.51. The van der Waals surface area contributed by atoms with E-state index >= 15 is 0 Å². The maximum absolute atomic E-state index is 11.9. The second kappa shape index (κ2) is 9.22. The van der Waals surface area contributed by atoms with Gasteiger partial charge in [0, 0.05) is 12.6 Å². The predicted molar refractivity (Wildman–Crippen MR) is 109 cm³/mol. The molecule has 162 valence electrons. The Bertz CT molecular complexity index is 901. The lowest BCUT2D eigenvalue weighted by Crippen LogP contribution is -2.59. The number of aryl methyl sites for hydroxylation is 1. The van der Waals surface area contributed by atoms with E-state index < -0.39 is 43.2 Å². The molecule has 0 bridgehead atoms. The molecule has 2 aromatic rings. The number of ether oxygens (including phenoxy) is 1. The summed E-state index contributed by atoms with van der Waals surface area (Å²) in [6.45, 7) is 1.22. The van der Waals surface area contributed by atoms with Crippen LogP contribution in [0.5, 0.6) is 0 Å². The summed E-state index contributed by atoms with van der Waals surface area (Å²) < 4.78 is 5.47. The van der Waals surface area contributed by atoms with Crippen LogP contribution < -0.4 is 5.32 Å². The third kappa shape index (κ3) is 4.24. The van der Waals surface area contributed by atoms with E-state index in [-0.39, 0.29) is 5.91 Å². The van der Waals surface area contributed by atoms with Gasteiger partial charge in [-0.15, -0.1) is 0 Å². The highest BCUT2D eigenvalue weighted by atomic mass is 16.6. The fourth-order valence-corrected chi connectivity index (χ4v) is 3.74. The van der Waals surface area contributed by atoms with Crippen molar-refractivity contribution in [1.29, 1.82) is 0 Å². The van der Waals surface area contributed by atoms with Gasteiger partial charge in [0.1, 0.15) is 36.6 Å². The van der Waals surface area contributed by atoms with Crippen molar-refractivity contribution in [3.05, 3.63) is 59.2 Å². The fourth-order valence-electron chi connectivity index (χ4n) is 3.74. The molecule has 8 nitrogen and oxygen atoms in total. The first-order valence-corrected chi connectivity index (χ1v) is 9.70. The zero-order chi connectivity index (χ0) is 22.0. The molecule has 1 amide bonds. The first kappa shape index (κ1) is 22.4. The smallest absolute Gasteiger partial charge is 0.251 e. The lowest BCUT2D eigenvalue weighted by Gasteiger charge is -2.42. The van der Waals surface area contributed by atoms with Crippen LogP contribution in [0.2, 0.25) is 0 Å². The highest BCUT2D eigenvalue weighted by molar-refractivity contribution is 5.95. The zero-order valence-corrected chi connectivity index (χ0v) is 16.8. The summed E-state index contributed by atoms with van der Waals surface area (Å²) in [5.74, 6) is -0.191. The molecule has 30 heavy (non-hydrogen) atoms. The highest BCUT2D eigenvalue weighted by Gasteiger charge is 2.46. The molecule has 1 saturated heterocycles. The quantitative estimate of drug-likeness (QED) is 0.399. The van der Waals surface area contributed by atoms with Gasteiger partial charge in [0.25, 0.3) is 5.91 Å². The Hall–Kier alpha value is -2.33. The van der Waals surface area contributed by atoms with Crippen molar-refractivity contribution in [1.82, 2.24) is 5.32 Å². The minimum absolute atomic E-state index is 0.191. The average molecular weight is 417 g/mol. The van der Waals surface area contributed by atoms with E-state index in [4.69, 9.17) is 4.74 Å². The van der Waals surface area contributed by atoms with Gasteiger partial charge in [0.2, 0.25) is 0 Å². The lowest BCUT2D eigenvalue weighted by atomic mass is 9.87.